The highest BCUT2D eigenvalue weighted by Crippen LogP contribution is 2.45. The van der Waals surface area contributed by atoms with E-state index in [-0.39, 0.29) is 6.10 Å². The minimum atomic E-state index is 0.0496. The van der Waals surface area contributed by atoms with Crippen LogP contribution < -0.4 is 15.4 Å². The maximum atomic E-state index is 9.20. The molecule has 1 saturated heterocycles. The molecule has 2 heterocycles. The number of thiophene rings is 1. The summed E-state index contributed by atoms with van der Waals surface area (Å²) in [4.78, 5) is 5.32. The van der Waals surface area contributed by atoms with Crippen LogP contribution >= 0.6 is 11.3 Å². The van der Waals surface area contributed by atoms with Crippen LogP contribution in [0.5, 0.6) is 5.75 Å². The average Bonchev–Trinajstić information content (AvgIpc) is 2.77. The van der Waals surface area contributed by atoms with Crippen LogP contribution in [0, 0.1) is 11.3 Å². The first kappa shape index (κ1) is 15.9. The molecule has 0 aliphatic carbocycles. The fourth-order valence-corrected chi connectivity index (χ4v) is 3.55. The van der Waals surface area contributed by atoms with Crippen molar-refractivity contribution in [3.63, 3.8) is 0 Å². The zero-order valence-corrected chi connectivity index (χ0v) is 13.9. The number of hydrogen-bond donors (Lipinski definition) is 1. The van der Waals surface area contributed by atoms with Crippen molar-refractivity contribution in [1.29, 1.82) is 5.26 Å². The van der Waals surface area contributed by atoms with Gasteiger partial charge in [-0.15, -0.1) is 11.3 Å². The highest BCUT2D eigenvalue weighted by Gasteiger charge is 2.25. The van der Waals surface area contributed by atoms with Gasteiger partial charge in [0.05, 0.1) is 6.10 Å². The van der Waals surface area contributed by atoms with E-state index in [4.69, 9.17) is 10.5 Å². The van der Waals surface area contributed by atoms with Crippen LogP contribution in [0.1, 0.15) is 32.1 Å². The van der Waals surface area contributed by atoms with Gasteiger partial charge < -0.3 is 15.4 Å². The SMILES string of the molecule is CCCN1CCN(c2sc(C#N)c(N)c2OC(C)C)CC1. The Morgan fingerprint density at radius 3 is 2.52 bits per heavy atom. The lowest BCUT2D eigenvalue weighted by Gasteiger charge is -2.35. The molecule has 1 aliphatic heterocycles. The number of anilines is 2. The number of nitrogens with zero attached hydrogens (tertiary/aromatic N) is 3. The quantitative estimate of drug-likeness (QED) is 0.905. The van der Waals surface area contributed by atoms with Crippen molar-refractivity contribution in [3.8, 4) is 11.8 Å². The highest BCUT2D eigenvalue weighted by molar-refractivity contribution is 7.17. The van der Waals surface area contributed by atoms with Crippen LogP contribution in [0.2, 0.25) is 0 Å². The molecule has 0 spiro atoms. The van der Waals surface area contributed by atoms with Gasteiger partial charge in [-0.3, -0.25) is 4.90 Å². The van der Waals surface area contributed by atoms with E-state index in [1.165, 1.54) is 17.8 Å². The second-order valence-electron chi connectivity index (χ2n) is 5.59. The first-order chi connectivity index (χ1) is 10.1. The van der Waals surface area contributed by atoms with Gasteiger partial charge in [-0.2, -0.15) is 5.26 Å². The Morgan fingerprint density at radius 1 is 1.33 bits per heavy atom. The average molecular weight is 308 g/mol. The molecule has 0 unspecified atom stereocenters. The lowest BCUT2D eigenvalue weighted by atomic mass is 10.3. The van der Waals surface area contributed by atoms with Gasteiger partial charge in [0.15, 0.2) is 5.75 Å². The van der Waals surface area contributed by atoms with Crippen molar-refractivity contribution in [2.45, 2.75) is 33.3 Å². The Hall–Kier alpha value is -1.45. The number of hydrogen-bond acceptors (Lipinski definition) is 6. The predicted octanol–water partition coefficient (Wildman–Crippen LogP) is 2.52. The van der Waals surface area contributed by atoms with Gasteiger partial charge in [-0.25, -0.2) is 0 Å². The van der Waals surface area contributed by atoms with Crippen molar-refractivity contribution in [2.75, 3.05) is 43.4 Å². The summed E-state index contributed by atoms with van der Waals surface area (Å²) >= 11 is 1.45. The first-order valence-electron chi connectivity index (χ1n) is 7.53. The Morgan fingerprint density at radius 2 is 2.00 bits per heavy atom. The smallest absolute Gasteiger partial charge is 0.178 e. The maximum absolute atomic E-state index is 9.20. The van der Waals surface area contributed by atoms with Gasteiger partial charge in [-0.05, 0) is 26.8 Å². The summed E-state index contributed by atoms with van der Waals surface area (Å²) in [5.41, 5.74) is 6.56. The molecule has 5 nitrogen and oxygen atoms in total. The van der Waals surface area contributed by atoms with Gasteiger partial charge in [0.2, 0.25) is 0 Å². The van der Waals surface area contributed by atoms with Crippen LogP contribution in [0.25, 0.3) is 0 Å². The van der Waals surface area contributed by atoms with Gasteiger partial charge >= 0.3 is 0 Å². The van der Waals surface area contributed by atoms with E-state index < -0.39 is 0 Å². The Labute approximate surface area is 130 Å². The monoisotopic (exact) mass is 308 g/mol. The minimum absolute atomic E-state index is 0.0496. The molecular weight excluding hydrogens is 284 g/mol. The van der Waals surface area contributed by atoms with Crippen molar-refractivity contribution < 1.29 is 4.74 Å². The van der Waals surface area contributed by atoms with Crippen LogP contribution in [-0.2, 0) is 0 Å². The minimum Gasteiger partial charge on any atom is -0.486 e. The van der Waals surface area contributed by atoms with Crippen molar-refractivity contribution in [2.24, 2.45) is 0 Å². The van der Waals surface area contributed by atoms with E-state index in [1.54, 1.807) is 0 Å². The molecule has 2 N–H and O–H groups in total. The third-order valence-corrected chi connectivity index (χ3v) is 4.69. The number of nitrogens with two attached hydrogens (primary N) is 1. The maximum Gasteiger partial charge on any atom is 0.178 e. The third kappa shape index (κ3) is 3.60. The fraction of sp³-hybridized carbons (Fsp3) is 0.667. The van der Waals surface area contributed by atoms with E-state index in [9.17, 15) is 5.26 Å². The van der Waals surface area contributed by atoms with Gasteiger partial charge in [0.25, 0.3) is 0 Å². The molecule has 0 bridgehead atoms. The molecule has 0 radical (unpaired) electrons. The summed E-state index contributed by atoms with van der Waals surface area (Å²) in [5.74, 6) is 0.690. The summed E-state index contributed by atoms with van der Waals surface area (Å²) < 4.78 is 5.87. The van der Waals surface area contributed by atoms with Crippen LogP contribution in [-0.4, -0.2) is 43.7 Å². The summed E-state index contributed by atoms with van der Waals surface area (Å²) in [5, 5.41) is 10.2. The van der Waals surface area contributed by atoms with Gasteiger partial charge in [0.1, 0.15) is 21.6 Å². The van der Waals surface area contributed by atoms with Gasteiger partial charge in [-0.1, -0.05) is 6.92 Å². The summed E-state index contributed by atoms with van der Waals surface area (Å²) in [6.45, 7) is 11.3. The fourth-order valence-electron chi connectivity index (χ4n) is 2.55. The number of rotatable bonds is 5. The van der Waals surface area contributed by atoms with E-state index in [2.05, 4.69) is 22.8 Å². The summed E-state index contributed by atoms with van der Waals surface area (Å²) in [6.07, 6.45) is 1.24. The van der Waals surface area contributed by atoms with Crippen molar-refractivity contribution in [3.05, 3.63) is 4.88 Å². The molecule has 0 atom stereocenters. The van der Waals surface area contributed by atoms with Crippen LogP contribution in [0.15, 0.2) is 0 Å². The molecule has 21 heavy (non-hydrogen) atoms. The van der Waals surface area contributed by atoms with Gasteiger partial charge in [0, 0.05) is 26.2 Å². The second kappa shape index (κ2) is 7.01. The summed E-state index contributed by atoms with van der Waals surface area (Å²) in [7, 11) is 0. The molecule has 0 amide bonds. The lowest BCUT2D eigenvalue weighted by molar-refractivity contribution is 0.240. The molecule has 0 aromatic carbocycles. The zero-order chi connectivity index (χ0) is 15.4. The number of nitriles is 1. The van der Waals surface area contributed by atoms with E-state index in [1.807, 2.05) is 13.8 Å². The predicted molar refractivity (Wildman–Crippen MR) is 88.2 cm³/mol. The van der Waals surface area contributed by atoms with E-state index in [0.717, 1.165) is 37.7 Å². The number of piperazine rings is 1. The zero-order valence-electron chi connectivity index (χ0n) is 13.1. The molecule has 1 aromatic heterocycles. The van der Waals surface area contributed by atoms with Crippen LogP contribution in [0.3, 0.4) is 0 Å². The molecule has 1 aliphatic rings. The topological polar surface area (TPSA) is 65.5 Å². The van der Waals surface area contributed by atoms with Crippen LogP contribution in [0.4, 0.5) is 10.7 Å². The molecule has 6 heteroatoms. The Bertz CT molecular complexity index is 512. The highest BCUT2D eigenvalue weighted by atomic mass is 32.1. The van der Waals surface area contributed by atoms with Crippen molar-refractivity contribution in [1.82, 2.24) is 4.90 Å². The van der Waals surface area contributed by atoms with Crippen molar-refractivity contribution >= 4 is 22.0 Å². The normalized spacial score (nSPS) is 16.2. The number of nitrogen functional groups attached to an aromatic ring is 1. The molecule has 0 saturated carbocycles. The third-order valence-electron chi connectivity index (χ3n) is 3.54. The summed E-state index contributed by atoms with van der Waals surface area (Å²) in [6, 6.07) is 2.17. The van der Waals surface area contributed by atoms with E-state index in [0.29, 0.717) is 16.3 Å². The standard InChI is InChI=1S/C15H24N4OS/c1-4-5-18-6-8-19(9-7-18)15-14(20-11(2)3)13(17)12(10-16)21-15/h11H,4-9,17H2,1-3H3. The lowest BCUT2D eigenvalue weighted by Crippen LogP contribution is -2.46. The first-order valence-corrected chi connectivity index (χ1v) is 8.34. The number of ether oxygens (including phenoxy) is 1. The molecule has 1 fully saturated rings. The molecule has 116 valence electrons. The largest absolute Gasteiger partial charge is 0.486 e. The second-order valence-corrected chi connectivity index (χ2v) is 6.59. The molecule has 2 rings (SSSR count). The van der Waals surface area contributed by atoms with E-state index >= 15 is 0 Å². The molecular formula is C15H24N4OS. The molecule has 1 aromatic rings. The Kier molecular flexibility index (Phi) is 5.32. The Balaban J connectivity index is 2.18.